The molecule has 0 aliphatic carbocycles. The lowest BCUT2D eigenvalue weighted by Gasteiger charge is -2.15. The number of nitrogens with one attached hydrogen (secondary N) is 1. The molecule has 0 atom stereocenters. The molecule has 1 rings (SSSR count). The third-order valence-electron chi connectivity index (χ3n) is 2.28. The zero-order valence-corrected chi connectivity index (χ0v) is 12.0. The van der Waals surface area contributed by atoms with Gasteiger partial charge in [-0.3, -0.25) is 4.72 Å². The summed E-state index contributed by atoms with van der Waals surface area (Å²) in [6, 6.07) is 7.07. The maximum absolute atomic E-state index is 11.8. The number of ether oxygens (including phenoxy) is 1. The Hall–Kier alpha value is -1.23. The van der Waals surface area contributed by atoms with E-state index in [4.69, 9.17) is 4.74 Å². The summed E-state index contributed by atoms with van der Waals surface area (Å²) in [6.07, 6.45) is 1.51. The van der Waals surface area contributed by atoms with Gasteiger partial charge in [-0.05, 0) is 32.4 Å². The maximum Gasteiger partial charge on any atom is 0.232 e. The average molecular weight is 271 g/mol. The lowest BCUT2D eigenvalue weighted by atomic mass is 10.3. The fraction of sp³-hybridized carbons (Fsp3) is 0.538. The lowest BCUT2D eigenvalue weighted by Crippen LogP contribution is -2.18. The smallest absolute Gasteiger partial charge is 0.232 e. The Morgan fingerprint density at radius 2 is 1.94 bits per heavy atom. The lowest BCUT2D eigenvalue weighted by molar-refractivity contribution is 0.244. The van der Waals surface area contributed by atoms with Crippen molar-refractivity contribution in [3.63, 3.8) is 0 Å². The summed E-state index contributed by atoms with van der Waals surface area (Å²) in [6.45, 7) is 5.77. The number of sulfonamides is 1. The molecule has 0 amide bonds. The van der Waals surface area contributed by atoms with E-state index in [0.29, 0.717) is 17.9 Å². The molecule has 0 saturated carbocycles. The van der Waals surface area contributed by atoms with E-state index >= 15 is 0 Å². The first-order chi connectivity index (χ1) is 8.44. The van der Waals surface area contributed by atoms with Crippen LogP contribution in [0.25, 0.3) is 0 Å². The topological polar surface area (TPSA) is 55.4 Å². The molecule has 0 heterocycles. The van der Waals surface area contributed by atoms with Gasteiger partial charge in [-0.25, -0.2) is 8.42 Å². The van der Waals surface area contributed by atoms with Crippen molar-refractivity contribution in [2.24, 2.45) is 0 Å². The molecule has 0 spiro atoms. The number of hydrogen-bond acceptors (Lipinski definition) is 3. The van der Waals surface area contributed by atoms with Crippen LogP contribution < -0.4 is 9.46 Å². The van der Waals surface area contributed by atoms with E-state index in [1.165, 1.54) is 0 Å². The van der Waals surface area contributed by atoms with E-state index in [2.05, 4.69) is 4.72 Å². The summed E-state index contributed by atoms with van der Waals surface area (Å²) in [7, 11) is -3.29. The third kappa shape index (κ3) is 4.96. The monoisotopic (exact) mass is 271 g/mol. The Balaban J connectivity index is 2.83. The molecule has 102 valence electrons. The van der Waals surface area contributed by atoms with Gasteiger partial charge in [-0.15, -0.1) is 0 Å². The van der Waals surface area contributed by atoms with Gasteiger partial charge in [0.2, 0.25) is 10.0 Å². The highest BCUT2D eigenvalue weighted by Gasteiger charge is 2.13. The van der Waals surface area contributed by atoms with Gasteiger partial charge in [0.15, 0.2) is 0 Å². The minimum Gasteiger partial charge on any atom is -0.489 e. The fourth-order valence-electron chi connectivity index (χ4n) is 1.46. The Morgan fingerprint density at radius 3 is 2.56 bits per heavy atom. The van der Waals surface area contributed by atoms with Crippen molar-refractivity contribution in [1.82, 2.24) is 0 Å². The van der Waals surface area contributed by atoms with Gasteiger partial charge in [-0.2, -0.15) is 0 Å². The van der Waals surface area contributed by atoms with E-state index < -0.39 is 10.0 Å². The summed E-state index contributed by atoms with van der Waals surface area (Å²) in [5.41, 5.74) is 0.502. The quantitative estimate of drug-likeness (QED) is 0.829. The van der Waals surface area contributed by atoms with Crippen molar-refractivity contribution in [3.8, 4) is 5.75 Å². The van der Waals surface area contributed by atoms with Gasteiger partial charge in [0.1, 0.15) is 5.75 Å². The molecule has 1 aromatic carbocycles. The van der Waals surface area contributed by atoms with Crippen LogP contribution in [0.4, 0.5) is 5.69 Å². The normalized spacial score (nSPS) is 11.6. The minimum atomic E-state index is -3.29. The van der Waals surface area contributed by atoms with Crippen molar-refractivity contribution in [2.45, 2.75) is 39.7 Å². The molecule has 0 aromatic heterocycles. The number of rotatable bonds is 7. The highest BCUT2D eigenvalue weighted by Crippen LogP contribution is 2.25. The van der Waals surface area contributed by atoms with Crippen molar-refractivity contribution < 1.29 is 13.2 Å². The van der Waals surface area contributed by atoms with Crippen LogP contribution in [-0.4, -0.2) is 20.3 Å². The van der Waals surface area contributed by atoms with Crippen LogP contribution in [0.5, 0.6) is 5.75 Å². The molecule has 0 aliphatic rings. The van der Waals surface area contributed by atoms with Crippen molar-refractivity contribution in [3.05, 3.63) is 24.3 Å². The Morgan fingerprint density at radius 1 is 1.28 bits per heavy atom. The SMILES string of the molecule is CCCCS(=O)(=O)Nc1ccccc1OC(C)C. The van der Waals surface area contributed by atoms with E-state index in [-0.39, 0.29) is 11.9 Å². The second kappa shape index (κ2) is 6.64. The van der Waals surface area contributed by atoms with E-state index in [9.17, 15) is 8.42 Å². The summed E-state index contributed by atoms with van der Waals surface area (Å²) < 4.78 is 31.8. The molecule has 1 aromatic rings. The molecule has 0 aliphatic heterocycles. The third-order valence-corrected chi connectivity index (χ3v) is 3.64. The van der Waals surface area contributed by atoms with Crippen LogP contribution >= 0.6 is 0 Å². The summed E-state index contributed by atoms with van der Waals surface area (Å²) in [4.78, 5) is 0. The summed E-state index contributed by atoms with van der Waals surface area (Å²) in [5.74, 6) is 0.701. The van der Waals surface area contributed by atoms with Gasteiger partial charge in [0.05, 0.1) is 17.5 Å². The Labute approximate surface area is 109 Å². The van der Waals surface area contributed by atoms with Gasteiger partial charge in [0, 0.05) is 0 Å². The fourth-order valence-corrected chi connectivity index (χ4v) is 2.74. The summed E-state index contributed by atoms with van der Waals surface area (Å²) in [5, 5.41) is 0. The Bertz CT molecular complexity index is 469. The number of unbranched alkanes of at least 4 members (excludes halogenated alkanes) is 1. The van der Waals surface area contributed by atoms with Crippen molar-refractivity contribution in [1.29, 1.82) is 0 Å². The molecule has 5 heteroatoms. The van der Waals surface area contributed by atoms with Crippen LogP contribution in [0.2, 0.25) is 0 Å². The number of para-hydroxylation sites is 2. The summed E-state index contributed by atoms with van der Waals surface area (Å²) >= 11 is 0. The number of benzene rings is 1. The van der Waals surface area contributed by atoms with Crippen LogP contribution in [0.1, 0.15) is 33.6 Å². The largest absolute Gasteiger partial charge is 0.489 e. The van der Waals surface area contributed by atoms with Crippen molar-refractivity contribution >= 4 is 15.7 Å². The van der Waals surface area contributed by atoms with Gasteiger partial charge in [0.25, 0.3) is 0 Å². The van der Waals surface area contributed by atoms with E-state index in [0.717, 1.165) is 6.42 Å². The Kier molecular flexibility index (Phi) is 5.47. The maximum atomic E-state index is 11.8. The molecule has 0 unspecified atom stereocenters. The van der Waals surface area contributed by atoms with Gasteiger partial charge < -0.3 is 4.74 Å². The van der Waals surface area contributed by atoms with Crippen LogP contribution in [0.15, 0.2) is 24.3 Å². The standard InChI is InChI=1S/C13H21NO3S/c1-4-5-10-18(15,16)14-12-8-6-7-9-13(12)17-11(2)3/h6-9,11,14H,4-5,10H2,1-3H3. The first-order valence-corrected chi connectivity index (χ1v) is 7.86. The zero-order chi connectivity index (χ0) is 13.6. The first kappa shape index (κ1) is 14.8. The predicted octanol–water partition coefficient (Wildman–Crippen LogP) is 3.02. The van der Waals surface area contributed by atoms with E-state index in [1.807, 2.05) is 26.8 Å². The van der Waals surface area contributed by atoms with Gasteiger partial charge in [-0.1, -0.05) is 25.5 Å². The number of hydrogen-bond donors (Lipinski definition) is 1. The molecule has 0 fully saturated rings. The molecule has 4 nitrogen and oxygen atoms in total. The number of anilines is 1. The molecule has 0 bridgehead atoms. The predicted molar refractivity (Wildman–Crippen MR) is 74.5 cm³/mol. The molecule has 0 radical (unpaired) electrons. The van der Waals surface area contributed by atoms with Crippen LogP contribution in [-0.2, 0) is 10.0 Å². The second-order valence-corrected chi connectivity index (χ2v) is 6.28. The average Bonchev–Trinajstić information content (AvgIpc) is 2.28. The molecule has 18 heavy (non-hydrogen) atoms. The van der Waals surface area contributed by atoms with Crippen LogP contribution in [0.3, 0.4) is 0 Å². The second-order valence-electron chi connectivity index (χ2n) is 4.44. The molecular weight excluding hydrogens is 250 g/mol. The molecule has 0 saturated heterocycles. The van der Waals surface area contributed by atoms with Crippen LogP contribution in [0, 0.1) is 0 Å². The van der Waals surface area contributed by atoms with Gasteiger partial charge >= 0.3 is 0 Å². The van der Waals surface area contributed by atoms with Crippen molar-refractivity contribution in [2.75, 3.05) is 10.5 Å². The first-order valence-electron chi connectivity index (χ1n) is 6.21. The van der Waals surface area contributed by atoms with E-state index in [1.54, 1.807) is 18.2 Å². The highest BCUT2D eigenvalue weighted by molar-refractivity contribution is 7.92. The highest BCUT2D eigenvalue weighted by atomic mass is 32.2. The zero-order valence-electron chi connectivity index (χ0n) is 11.1. The minimum absolute atomic E-state index is 0.00583. The molecule has 1 N–H and O–H groups in total. The molecular formula is C13H21NO3S.